The standard InChI is InChI=1S/C13H15N3O2/c1-9-4-5-12(18-3)10(6-9)15-13(17)11-7-14-8-16(11)2/h4-8H,1-3H3,(H,15,17). The summed E-state index contributed by atoms with van der Waals surface area (Å²) >= 11 is 0. The zero-order chi connectivity index (χ0) is 13.1. The van der Waals surface area contributed by atoms with Crippen LogP contribution in [0.25, 0.3) is 0 Å². The Hall–Kier alpha value is -2.30. The van der Waals surface area contributed by atoms with E-state index in [1.807, 2.05) is 25.1 Å². The van der Waals surface area contributed by atoms with Crippen molar-refractivity contribution < 1.29 is 9.53 Å². The number of carbonyl (C=O) groups excluding carboxylic acids is 1. The molecule has 94 valence electrons. The van der Waals surface area contributed by atoms with E-state index in [0.29, 0.717) is 17.1 Å². The Morgan fingerprint density at radius 3 is 2.83 bits per heavy atom. The van der Waals surface area contributed by atoms with E-state index in [4.69, 9.17) is 4.74 Å². The maximum absolute atomic E-state index is 12.0. The summed E-state index contributed by atoms with van der Waals surface area (Å²) in [5, 5.41) is 2.82. The first-order valence-corrected chi connectivity index (χ1v) is 5.54. The highest BCUT2D eigenvalue weighted by Gasteiger charge is 2.12. The van der Waals surface area contributed by atoms with Crippen LogP contribution in [-0.2, 0) is 7.05 Å². The number of ether oxygens (including phenoxy) is 1. The molecule has 2 aromatic rings. The Labute approximate surface area is 105 Å². The van der Waals surface area contributed by atoms with Crippen LogP contribution in [0, 0.1) is 6.92 Å². The molecule has 1 heterocycles. The Balaban J connectivity index is 2.27. The first-order valence-electron chi connectivity index (χ1n) is 5.54. The molecule has 0 saturated carbocycles. The predicted molar refractivity (Wildman–Crippen MR) is 68.9 cm³/mol. The molecule has 1 amide bonds. The van der Waals surface area contributed by atoms with Crippen molar-refractivity contribution in [3.05, 3.63) is 42.0 Å². The topological polar surface area (TPSA) is 56.1 Å². The molecule has 0 unspecified atom stereocenters. The molecular formula is C13H15N3O2. The van der Waals surface area contributed by atoms with Gasteiger partial charge in [-0.1, -0.05) is 6.07 Å². The second kappa shape index (κ2) is 4.91. The third kappa shape index (κ3) is 2.34. The summed E-state index contributed by atoms with van der Waals surface area (Å²) < 4.78 is 6.88. The van der Waals surface area contributed by atoms with Gasteiger partial charge in [-0.3, -0.25) is 4.79 Å². The van der Waals surface area contributed by atoms with Crippen LogP contribution < -0.4 is 10.1 Å². The number of imidazole rings is 1. The molecule has 5 nitrogen and oxygen atoms in total. The molecule has 0 atom stereocenters. The summed E-state index contributed by atoms with van der Waals surface area (Å²) in [6, 6.07) is 5.62. The zero-order valence-corrected chi connectivity index (χ0v) is 10.6. The summed E-state index contributed by atoms with van der Waals surface area (Å²) in [4.78, 5) is 16.0. The summed E-state index contributed by atoms with van der Waals surface area (Å²) in [5.74, 6) is 0.426. The summed E-state index contributed by atoms with van der Waals surface area (Å²) in [6.45, 7) is 1.96. The number of methoxy groups -OCH3 is 1. The maximum atomic E-state index is 12.0. The highest BCUT2D eigenvalue weighted by Crippen LogP contribution is 2.25. The number of nitrogens with one attached hydrogen (secondary N) is 1. The van der Waals surface area contributed by atoms with Crippen LogP contribution in [0.1, 0.15) is 16.1 Å². The van der Waals surface area contributed by atoms with E-state index in [2.05, 4.69) is 10.3 Å². The lowest BCUT2D eigenvalue weighted by Crippen LogP contribution is -2.15. The average Bonchev–Trinajstić information content (AvgIpc) is 2.76. The highest BCUT2D eigenvalue weighted by atomic mass is 16.5. The third-order valence-electron chi connectivity index (χ3n) is 2.65. The molecular weight excluding hydrogens is 230 g/mol. The van der Waals surface area contributed by atoms with Gasteiger partial charge in [-0.15, -0.1) is 0 Å². The van der Waals surface area contributed by atoms with Gasteiger partial charge in [0.05, 0.1) is 25.3 Å². The number of aromatic nitrogens is 2. The number of hydrogen-bond donors (Lipinski definition) is 1. The smallest absolute Gasteiger partial charge is 0.274 e. The predicted octanol–water partition coefficient (Wildman–Crippen LogP) is 1.99. The third-order valence-corrected chi connectivity index (χ3v) is 2.65. The van der Waals surface area contributed by atoms with E-state index in [9.17, 15) is 4.79 Å². The number of anilines is 1. The van der Waals surface area contributed by atoms with Crippen LogP contribution in [0.2, 0.25) is 0 Å². The van der Waals surface area contributed by atoms with Crippen molar-refractivity contribution in [1.29, 1.82) is 0 Å². The van der Waals surface area contributed by atoms with Crippen LogP contribution in [0.3, 0.4) is 0 Å². The van der Waals surface area contributed by atoms with E-state index in [0.717, 1.165) is 5.56 Å². The molecule has 2 rings (SSSR count). The first-order chi connectivity index (χ1) is 8.61. The molecule has 1 aromatic carbocycles. The van der Waals surface area contributed by atoms with E-state index in [1.165, 1.54) is 6.20 Å². The largest absolute Gasteiger partial charge is 0.495 e. The first kappa shape index (κ1) is 12.2. The van der Waals surface area contributed by atoms with Gasteiger partial charge in [0, 0.05) is 7.05 Å². The number of carbonyl (C=O) groups is 1. The molecule has 0 radical (unpaired) electrons. The fourth-order valence-corrected chi connectivity index (χ4v) is 1.68. The van der Waals surface area contributed by atoms with Crippen LogP contribution in [0.5, 0.6) is 5.75 Å². The Kier molecular flexibility index (Phi) is 3.32. The van der Waals surface area contributed by atoms with Crippen molar-refractivity contribution in [3.8, 4) is 5.75 Å². The molecule has 0 aliphatic rings. The van der Waals surface area contributed by atoms with Crippen molar-refractivity contribution in [2.45, 2.75) is 6.92 Å². The molecule has 0 spiro atoms. The molecule has 5 heteroatoms. The van der Waals surface area contributed by atoms with Gasteiger partial charge < -0.3 is 14.6 Å². The normalized spacial score (nSPS) is 10.2. The van der Waals surface area contributed by atoms with E-state index in [-0.39, 0.29) is 5.91 Å². The van der Waals surface area contributed by atoms with Crippen LogP contribution in [0.4, 0.5) is 5.69 Å². The highest BCUT2D eigenvalue weighted by molar-refractivity contribution is 6.03. The molecule has 18 heavy (non-hydrogen) atoms. The van der Waals surface area contributed by atoms with E-state index in [1.54, 1.807) is 25.1 Å². The van der Waals surface area contributed by atoms with E-state index < -0.39 is 0 Å². The van der Waals surface area contributed by atoms with E-state index >= 15 is 0 Å². The minimum atomic E-state index is -0.209. The second-order valence-corrected chi connectivity index (χ2v) is 4.05. The van der Waals surface area contributed by atoms with Gasteiger partial charge in [-0.25, -0.2) is 4.98 Å². The Morgan fingerprint density at radius 2 is 2.22 bits per heavy atom. The van der Waals surface area contributed by atoms with Crippen molar-refractivity contribution >= 4 is 11.6 Å². The average molecular weight is 245 g/mol. The number of benzene rings is 1. The number of aryl methyl sites for hydroxylation is 2. The molecule has 0 aliphatic heterocycles. The molecule has 0 bridgehead atoms. The summed E-state index contributed by atoms with van der Waals surface area (Å²) in [6.07, 6.45) is 3.11. The summed E-state index contributed by atoms with van der Waals surface area (Å²) in [5.41, 5.74) is 2.21. The van der Waals surface area contributed by atoms with Gasteiger partial charge >= 0.3 is 0 Å². The summed E-state index contributed by atoms with van der Waals surface area (Å²) in [7, 11) is 3.35. The lowest BCUT2D eigenvalue weighted by molar-refractivity contribution is 0.101. The Morgan fingerprint density at radius 1 is 1.44 bits per heavy atom. The Bertz CT molecular complexity index is 575. The van der Waals surface area contributed by atoms with Gasteiger partial charge in [0.1, 0.15) is 11.4 Å². The molecule has 0 saturated heterocycles. The lowest BCUT2D eigenvalue weighted by atomic mass is 10.2. The van der Waals surface area contributed by atoms with Crippen molar-refractivity contribution in [2.24, 2.45) is 7.05 Å². The van der Waals surface area contributed by atoms with Crippen molar-refractivity contribution in [2.75, 3.05) is 12.4 Å². The molecule has 0 aliphatic carbocycles. The number of nitrogens with zero attached hydrogens (tertiary/aromatic N) is 2. The molecule has 0 fully saturated rings. The number of hydrogen-bond acceptors (Lipinski definition) is 3. The van der Waals surface area contributed by atoms with Gasteiger partial charge in [-0.2, -0.15) is 0 Å². The second-order valence-electron chi connectivity index (χ2n) is 4.05. The molecule has 1 N–H and O–H groups in total. The van der Waals surface area contributed by atoms with Gasteiger partial charge in [0.15, 0.2) is 0 Å². The fraction of sp³-hybridized carbons (Fsp3) is 0.231. The minimum absolute atomic E-state index is 0.209. The van der Waals surface area contributed by atoms with Gasteiger partial charge in [0.25, 0.3) is 5.91 Å². The number of amides is 1. The fourth-order valence-electron chi connectivity index (χ4n) is 1.68. The van der Waals surface area contributed by atoms with Gasteiger partial charge in [0.2, 0.25) is 0 Å². The zero-order valence-electron chi connectivity index (χ0n) is 10.6. The van der Waals surface area contributed by atoms with Gasteiger partial charge in [-0.05, 0) is 24.6 Å². The SMILES string of the molecule is COc1ccc(C)cc1NC(=O)c1cncn1C. The van der Waals surface area contributed by atoms with Crippen LogP contribution in [-0.4, -0.2) is 22.6 Å². The quantitative estimate of drug-likeness (QED) is 0.899. The minimum Gasteiger partial charge on any atom is -0.495 e. The van der Waals surface area contributed by atoms with Crippen LogP contribution in [0.15, 0.2) is 30.7 Å². The monoisotopic (exact) mass is 245 g/mol. The lowest BCUT2D eigenvalue weighted by Gasteiger charge is -2.11. The van der Waals surface area contributed by atoms with Crippen LogP contribution >= 0.6 is 0 Å². The maximum Gasteiger partial charge on any atom is 0.274 e. The van der Waals surface area contributed by atoms with Crippen molar-refractivity contribution in [3.63, 3.8) is 0 Å². The van der Waals surface area contributed by atoms with Crippen molar-refractivity contribution in [1.82, 2.24) is 9.55 Å². The number of rotatable bonds is 3. The molecule has 1 aromatic heterocycles.